The molecule has 4 aromatic rings. The number of aliphatic carboxylic acids is 2. The molecule has 68 heavy (non-hydrogen) atoms. The predicted octanol–water partition coefficient (Wildman–Crippen LogP) is 7.27. The molecule has 0 spiro atoms. The molecule has 0 aliphatic carbocycles. The fraction of sp³-hybridized carbons (Fsp3) is 0.348. The molecule has 0 bridgehead atoms. The van der Waals surface area contributed by atoms with E-state index >= 15 is 0 Å². The SMILES string of the molecule is O=C(O)C=CC(=O)O.O=C(c1ccc(F)c(F)c1Nc1ccc(I)cc1F)N1CC(O)([C@@H]2CCCCN2)C1.O=C(c1ccc(F)c(F)c1Nc1ccc(I)cc1F)N1CC(O)([C@@H]2CCCCN2)C1. The van der Waals surface area contributed by atoms with Gasteiger partial charge in [-0.25, -0.2) is 35.9 Å². The topological polar surface area (TPSA) is 204 Å². The van der Waals surface area contributed by atoms with Gasteiger partial charge in [0.2, 0.25) is 0 Å². The lowest BCUT2D eigenvalue weighted by Crippen LogP contribution is -2.72. The van der Waals surface area contributed by atoms with Crippen molar-refractivity contribution in [1.29, 1.82) is 0 Å². The molecule has 364 valence electrons. The van der Waals surface area contributed by atoms with Gasteiger partial charge >= 0.3 is 11.9 Å². The number of carbonyl (C=O) groups is 4. The molecule has 0 unspecified atom stereocenters. The number of hydrogen-bond donors (Lipinski definition) is 8. The van der Waals surface area contributed by atoms with Crippen LogP contribution in [0.5, 0.6) is 0 Å². The Morgan fingerprint density at radius 1 is 0.574 bits per heavy atom. The molecule has 0 radical (unpaired) electrons. The second-order valence-corrected chi connectivity index (χ2v) is 19.1. The lowest BCUT2D eigenvalue weighted by Gasteiger charge is -2.51. The molecule has 2 amide bonds. The van der Waals surface area contributed by atoms with Crippen LogP contribution >= 0.6 is 45.2 Å². The van der Waals surface area contributed by atoms with Crippen molar-refractivity contribution in [2.75, 3.05) is 49.9 Å². The van der Waals surface area contributed by atoms with Crippen LogP contribution in [0, 0.1) is 42.0 Å². The highest BCUT2D eigenvalue weighted by Crippen LogP contribution is 2.36. The summed E-state index contributed by atoms with van der Waals surface area (Å²) in [7, 11) is 0. The Kier molecular flexibility index (Phi) is 17.4. The number of nitrogens with zero attached hydrogens (tertiary/aromatic N) is 2. The maximum atomic E-state index is 14.6. The number of carboxylic acid groups (broad SMARTS) is 2. The molecule has 4 aliphatic rings. The molecule has 0 aromatic heterocycles. The zero-order chi connectivity index (χ0) is 49.5. The van der Waals surface area contributed by atoms with Crippen molar-refractivity contribution in [3.63, 3.8) is 0 Å². The summed E-state index contributed by atoms with van der Waals surface area (Å²) in [5.41, 5.74) is -3.30. The van der Waals surface area contributed by atoms with E-state index in [4.69, 9.17) is 10.2 Å². The Hall–Kier alpha value is -5.02. The van der Waals surface area contributed by atoms with Gasteiger partial charge < -0.3 is 51.5 Å². The molecule has 8 rings (SSSR count). The van der Waals surface area contributed by atoms with Gasteiger partial charge in [-0.2, -0.15) is 0 Å². The lowest BCUT2D eigenvalue weighted by atomic mass is 9.81. The third kappa shape index (κ3) is 12.6. The number of halogens is 8. The molecule has 4 heterocycles. The number of nitrogens with one attached hydrogen (secondary N) is 4. The van der Waals surface area contributed by atoms with Crippen molar-refractivity contribution >= 4 is 91.7 Å². The summed E-state index contributed by atoms with van der Waals surface area (Å²) in [6.07, 6.45) is 6.87. The highest BCUT2D eigenvalue weighted by molar-refractivity contribution is 14.1. The van der Waals surface area contributed by atoms with E-state index in [9.17, 15) is 55.7 Å². The number of aliphatic hydroxyl groups is 2. The van der Waals surface area contributed by atoms with Gasteiger partial charge in [-0.1, -0.05) is 12.8 Å². The Morgan fingerprint density at radius 2 is 0.941 bits per heavy atom. The van der Waals surface area contributed by atoms with E-state index < -0.39 is 81.2 Å². The molecule has 14 nitrogen and oxygen atoms in total. The van der Waals surface area contributed by atoms with Gasteiger partial charge in [-0.05, 0) is 145 Å². The van der Waals surface area contributed by atoms with E-state index in [-0.39, 0.29) is 60.8 Å². The fourth-order valence-electron chi connectivity index (χ4n) is 8.21. The first-order valence-electron chi connectivity index (χ1n) is 21.2. The van der Waals surface area contributed by atoms with E-state index in [1.807, 2.05) is 45.2 Å². The van der Waals surface area contributed by atoms with Crippen LogP contribution in [0.2, 0.25) is 0 Å². The number of hydrogen-bond acceptors (Lipinski definition) is 10. The Bertz CT molecular complexity index is 2400. The summed E-state index contributed by atoms with van der Waals surface area (Å²) in [4.78, 5) is 47.8. The average Bonchev–Trinajstić information content (AvgIpc) is 3.29. The Labute approximate surface area is 413 Å². The van der Waals surface area contributed by atoms with Gasteiger partial charge in [0.1, 0.15) is 22.8 Å². The molecule has 22 heteroatoms. The first-order chi connectivity index (χ1) is 32.2. The minimum Gasteiger partial charge on any atom is -0.478 e. The highest BCUT2D eigenvalue weighted by Gasteiger charge is 2.51. The molecule has 0 saturated carbocycles. The third-order valence-corrected chi connectivity index (χ3v) is 13.1. The number of carboxylic acids is 2. The number of anilines is 4. The Morgan fingerprint density at radius 3 is 1.25 bits per heavy atom. The summed E-state index contributed by atoms with van der Waals surface area (Å²) >= 11 is 3.87. The van der Waals surface area contributed by atoms with E-state index in [2.05, 4.69) is 21.3 Å². The van der Waals surface area contributed by atoms with Crippen LogP contribution in [0.1, 0.15) is 59.2 Å². The summed E-state index contributed by atoms with van der Waals surface area (Å²) in [5, 5.41) is 48.9. The maximum Gasteiger partial charge on any atom is 0.328 e. The minimum absolute atomic E-state index is 0.0690. The van der Waals surface area contributed by atoms with Gasteiger partial charge in [-0.15, -0.1) is 0 Å². The normalized spacial score (nSPS) is 19.3. The van der Waals surface area contributed by atoms with Gasteiger partial charge in [-0.3, -0.25) is 9.59 Å². The van der Waals surface area contributed by atoms with Crippen LogP contribution in [0.25, 0.3) is 0 Å². The summed E-state index contributed by atoms with van der Waals surface area (Å²) in [6.45, 7) is 2.03. The molecule has 8 N–H and O–H groups in total. The van der Waals surface area contributed by atoms with Gasteiger partial charge in [0, 0.05) is 31.4 Å². The van der Waals surface area contributed by atoms with Crippen LogP contribution in [0.15, 0.2) is 72.8 Å². The van der Waals surface area contributed by atoms with E-state index in [0.29, 0.717) is 19.3 Å². The van der Waals surface area contributed by atoms with Crippen molar-refractivity contribution in [3.05, 3.63) is 126 Å². The predicted molar refractivity (Wildman–Crippen MR) is 255 cm³/mol. The van der Waals surface area contributed by atoms with Crippen LogP contribution in [0.4, 0.5) is 49.1 Å². The second kappa shape index (κ2) is 22.6. The van der Waals surface area contributed by atoms with Crippen LogP contribution < -0.4 is 21.3 Å². The van der Waals surface area contributed by atoms with Crippen LogP contribution in [0.3, 0.4) is 0 Å². The highest BCUT2D eigenvalue weighted by atomic mass is 127. The van der Waals surface area contributed by atoms with Crippen LogP contribution in [-0.2, 0) is 9.59 Å². The Balaban J connectivity index is 0.000000193. The zero-order valence-electron chi connectivity index (χ0n) is 35.9. The standard InChI is InChI=1S/2C21H21F3IN3O2.C4H4O4/c2*22-14-6-5-13(19(18(14)24)27-16-7-4-12(25)9-15(16)23)20(29)28-10-21(30,11-28)17-3-1-2-8-26-17;5-3(6)1-2-4(7)8/h2*4-7,9,17,26-27,30H,1-3,8,10-11H2;1-2H,(H,5,6)(H,7,8)/t2*17-;/m00./s1. The van der Waals surface area contributed by atoms with Crippen molar-refractivity contribution in [1.82, 2.24) is 20.4 Å². The van der Waals surface area contributed by atoms with Crippen molar-refractivity contribution in [3.8, 4) is 0 Å². The van der Waals surface area contributed by atoms with Crippen molar-refractivity contribution in [2.45, 2.75) is 61.8 Å². The average molecular weight is 1180 g/mol. The number of amides is 2. The minimum atomic E-state index is -1.26. The largest absolute Gasteiger partial charge is 0.478 e. The maximum absolute atomic E-state index is 14.6. The van der Waals surface area contributed by atoms with E-state index in [0.717, 1.165) is 63.7 Å². The van der Waals surface area contributed by atoms with Gasteiger partial charge in [0.05, 0.1) is 60.1 Å². The molecule has 2 atom stereocenters. The summed E-state index contributed by atoms with van der Waals surface area (Å²) in [5.74, 6) is -9.73. The quantitative estimate of drug-likeness (QED) is 0.0449. The van der Waals surface area contributed by atoms with Gasteiger partial charge in [0.25, 0.3) is 11.8 Å². The zero-order valence-corrected chi connectivity index (χ0v) is 40.2. The summed E-state index contributed by atoms with van der Waals surface area (Å²) < 4.78 is 86.6. The molecular formula is C46H46F6I2N6O8. The smallest absolute Gasteiger partial charge is 0.328 e. The number of carbonyl (C=O) groups excluding carboxylic acids is 2. The molecule has 4 aromatic carbocycles. The molecule has 4 fully saturated rings. The molecular weight excluding hydrogens is 1130 g/mol. The van der Waals surface area contributed by atoms with E-state index in [1.165, 1.54) is 46.2 Å². The second-order valence-electron chi connectivity index (χ2n) is 16.6. The van der Waals surface area contributed by atoms with Crippen molar-refractivity contribution < 1.29 is 65.9 Å². The first kappa shape index (κ1) is 52.4. The number of likely N-dealkylation sites (tertiary alicyclic amines) is 2. The van der Waals surface area contributed by atoms with Crippen LogP contribution in [-0.4, -0.2) is 117 Å². The third-order valence-electron chi connectivity index (χ3n) is 11.8. The first-order valence-corrected chi connectivity index (χ1v) is 23.4. The fourth-order valence-corrected chi connectivity index (χ4v) is 9.12. The summed E-state index contributed by atoms with van der Waals surface area (Å²) in [6, 6.07) is 12.4. The molecule has 4 saturated heterocycles. The number of piperidine rings is 2. The monoisotopic (exact) mass is 1180 g/mol. The number of rotatable bonds is 10. The van der Waals surface area contributed by atoms with Crippen molar-refractivity contribution in [2.24, 2.45) is 0 Å². The van der Waals surface area contributed by atoms with E-state index in [1.54, 1.807) is 12.1 Å². The lowest BCUT2D eigenvalue weighted by molar-refractivity contribution is -0.134. The van der Waals surface area contributed by atoms with Gasteiger partial charge in [0.15, 0.2) is 23.3 Å². The number of β-amino-alcohol motifs (C(OH)–C–C–N with tert-alkyl or cyclic N) is 2. The molecule has 4 aliphatic heterocycles. The number of benzene rings is 4.